The molecule has 2 N–H and O–H groups in total. The lowest BCUT2D eigenvalue weighted by Crippen LogP contribution is -2.26. The molecule has 0 aromatic heterocycles. The second kappa shape index (κ2) is 11.7. The fourth-order valence-electron chi connectivity index (χ4n) is 3.96. The van der Waals surface area contributed by atoms with E-state index in [1.807, 2.05) is 38.3 Å². The topological polar surface area (TPSA) is 113 Å². The highest BCUT2D eigenvalue weighted by Crippen LogP contribution is 2.26. The van der Waals surface area contributed by atoms with Crippen molar-refractivity contribution in [1.82, 2.24) is 0 Å². The van der Waals surface area contributed by atoms with Gasteiger partial charge < -0.3 is 5.32 Å². The molecule has 40 heavy (non-hydrogen) atoms. The van der Waals surface area contributed by atoms with Gasteiger partial charge in [0.05, 0.1) is 21.2 Å². The van der Waals surface area contributed by atoms with Gasteiger partial charge in [0, 0.05) is 23.2 Å². The molecule has 0 unspecified atom stereocenters. The van der Waals surface area contributed by atoms with E-state index in [4.69, 9.17) is 0 Å². The molecule has 0 aliphatic carbocycles. The van der Waals surface area contributed by atoms with Crippen molar-refractivity contribution in [3.05, 3.63) is 108 Å². The van der Waals surface area contributed by atoms with Crippen LogP contribution < -0.4 is 14.3 Å². The number of aryl methyl sites for hydroxylation is 2. The smallest absolute Gasteiger partial charge is 0.264 e. The van der Waals surface area contributed by atoms with Crippen molar-refractivity contribution in [2.24, 2.45) is 0 Å². The molecule has 0 spiro atoms. The lowest BCUT2D eigenvalue weighted by Gasteiger charge is -2.20. The van der Waals surface area contributed by atoms with Crippen molar-refractivity contribution in [1.29, 1.82) is 0 Å². The van der Waals surface area contributed by atoms with Gasteiger partial charge in [0.25, 0.3) is 26.0 Å². The van der Waals surface area contributed by atoms with Crippen molar-refractivity contribution in [3.63, 3.8) is 0 Å². The number of rotatable bonds is 9. The van der Waals surface area contributed by atoms with E-state index < -0.39 is 26.0 Å². The van der Waals surface area contributed by atoms with Crippen molar-refractivity contribution in [2.45, 2.75) is 28.5 Å². The molecule has 0 atom stereocenters. The van der Waals surface area contributed by atoms with Gasteiger partial charge in [0.15, 0.2) is 0 Å². The standard InChI is InChI=1S/C29H29N3O5S3/c1-20-6-5-7-21(2)28(20)31-39(34,35)26-16-10-23(11-17-26)30-29(33)22-8-12-24(13-9-22)32(3)40(36,37)27-18-14-25(38-4)15-19-27/h5-19,31H,1-4H3,(H,30,33). The molecule has 4 aromatic carbocycles. The Kier molecular flexibility index (Phi) is 8.57. The molecule has 0 saturated heterocycles. The van der Waals surface area contributed by atoms with Gasteiger partial charge in [-0.25, -0.2) is 16.8 Å². The summed E-state index contributed by atoms with van der Waals surface area (Å²) in [5, 5.41) is 2.73. The zero-order chi connectivity index (χ0) is 29.1. The fourth-order valence-corrected chi connectivity index (χ4v) is 6.76. The Labute approximate surface area is 239 Å². The predicted molar refractivity (Wildman–Crippen MR) is 161 cm³/mol. The Balaban J connectivity index is 1.43. The number of amides is 1. The molecule has 0 bridgehead atoms. The molecule has 0 fully saturated rings. The highest BCUT2D eigenvalue weighted by atomic mass is 32.2. The molecule has 0 radical (unpaired) electrons. The van der Waals surface area contributed by atoms with Crippen LogP contribution in [0.2, 0.25) is 0 Å². The van der Waals surface area contributed by atoms with E-state index in [-0.39, 0.29) is 9.79 Å². The van der Waals surface area contributed by atoms with Crippen LogP contribution in [0.15, 0.2) is 106 Å². The normalized spacial score (nSPS) is 11.6. The number of para-hydroxylation sites is 1. The van der Waals surface area contributed by atoms with Gasteiger partial charge in [-0.1, -0.05) is 18.2 Å². The van der Waals surface area contributed by atoms with E-state index in [1.165, 1.54) is 55.2 Å². The van der Waals surface area contributed by atoms with Crippen molar-refractivity contribution >= 4 is 54.8 Å². The number of hydrogen-bond donors (Lipinski definition) is 2. The summed E-state index contributed by atoms with van der Waals surface area (Å²) >= 11 is 1.52. The monoisotopic (exact) mass is 595 g/mol. The van der Waals surface area contributed by atoms with Crippen molar-refractivity contribution in [2.75, 3.05) is 27.6 Å². The fraction of sp³-hybridized carbons (Fsp3) is 0.138. The van der Waals surface area contributed by atoms with E-state index in [9.17, 15) is 21.6 Å². The molecule has 1 amide bonds. The van der Waals surface area contributed by atoms with E-state index >= 15 is 0 Å². The molecule has 4 aromatic rings. The van der Waals surface area contributed by atoms with E-state index in [0.29, 0.717) is 22.6 Å². The van der Waals surface area contributed by atoms with Crippen molar-refractivity contribution < 1.29 is 21.6 Å². The molecule has 8 nitrogen and oxygen atoms in total. The van der Waals surface area contributed by atoms with E-state index in [1.54, 1.807) is 36.4 Å². The second-order valence-electron chi connectivity index (χ2n) is 9.05. The number of thioether (sulfide) groups is 1. The maximum Gasteiger partial charge on any atom is 0.264 e. The summed E-state index contributed by atoms with van der Waals surface area (Å²) in [6.45, 7) is 3.66. The zero-order valence-corrected chi connectivity index (χ0v) is 24.8. The zero-order valence-electron chi connectivity index (χ0n) is 22.4. The molecule has 4 rings (SSSR count). The average molecular weight is 596 g/mol. The minimum atomic E-state index is -3.82. The molecule has 0 saturated carbocycles. The highest BCUT2D eigenvalue weighted by Gasteiger charge is 2.22. The van der Waals surface area contributed by atoms with Crippen molar-refractivity contribution in [3.8, 4) is 0 Å². The number of nitrogens with one attached hydrogen (secondary N) is 2. The van der Waals surface area contributed by atoms with Gasteiger partial charge in [0.2, 0.25) is 0 Å². The maximum absolute atomic E-state index is 13.0. The van der Waals surface area contributed by atoms with Crippen LogP contribution in [0.4, 0.5) is 17.1 Å². The number of carbonyl (C=O) groups excluding carboxylic acids is 1. The summed E-state index contributed by atoms with van der Waals surface area (Å²) in [7, 11) is -6.14. The third-order valence-electron chi connectivity index (χ3n) is 6.35. The Bertz CT molecular complexity index is 1720. The summed E-state index contributed by atoms with van der Waals surface area (Å²) in [6, 6.07) is 24.2. The van der Waals surface area contributed by atoms with Crippen LogP contribution >= 0.6 is 11.8 Å². The van der Waals surface area contributed by atoms with Gasteiger partial charge in [-0.15, -0.1) is 11.8 Å². The Morgan fingerprint density at radius 2 is 1.30 bits per heavy atom. The van der Waals surface area contributed by atoms with Crippen LogP contribution in [-0.4, -0.2) is 36.0 Å². The Hall–Kier alpha value is -3.80. The lowest BCUT2D eigenvalue weighted by atomic mass is 10.1. The first-order chi connectivity index (χ1) is 18.9. The second-order valence-corrected chi connectivity index (χ2v) is 13.6. The highest BCUT2D eigenvalue weighted by molar-refractivity contribution is 7.98. The molecule has 11 heteroatoms. The number of benzene rings is 4. The minimum Gasteiger partial charge on any atom is -0.322 e. The largest absolute Gasteiger partial charge is 0.322 e. The number of sulfonamides is 2. The van der Waals surface area contributed by atoms with Gasteiger partial charge in [-0.3, -0.25) is 13.8 Å². The first-order valence-electron chi connectivity index (χ1n) is 12.2. The summed E-state index contributed by atoms with van der Waals surface area (Å²) < 4.78 is 55.6. The van der Waals surface area contributed by atoms with E-state index in [2.05, 4.69) is 10.0 Å². The molecule has 208 valence electrons. The van der Waals surface area contributed by atoms with Crippen LogP contribution in [0.5, 0.6) is 0 Å². The molecule has 0 aliphatic rings. The van der Waals surface area contributed by atoms with Crippen LogP contribution in [0.3, 0.4) is 0 Å². The third-order valence-corrected chi connectivity index (χ3v) is 10.3. The summed E-state index contributed by atoms with van der Waals surface area (Å²) in [5.74, 6) is -0.422. The van der Waals surface area contributed by atoms with Crippen LogP contribution in [-0.2, 0) is 20.0 Å². The van der Waals surface area contributed by atoms with Gasteiger partial charge in [-0.05, 0) is 104 Å². The Morgan fingerprint density at radius 3 is 1.85 bits per heavy atom. The number of anilines is 3. The third kappa shape index (κ3) is 6.33. The summed E-state index contributed by atoms with van der Waals surface area (Å²) in [4.78, 5) is 14.0. The Morgan fingerprint density at radius 1 is 0.750 bits per heavy atom. The lowest BCUT2D eigenvalue weighted by molar-refractivity contribution is 0.102. The molecule has 0 heterocycles. The van der Waals surface area contributed by atoms with Crippen LogP contribution in [0.25, 0.3) is 0 Å². The quantitative estimate of drug-likeness (QED) is 0.233. The van der Waals surface area contributed by atoms with E-state index in [0.717, 1.165) is 20.3 Å². The summed E-state index contributed by atoms with van der Waals surface area (Å²) in [5.41, 5.74) is 3.28. The molecule has 0 aliphatic heterocycles. The summed E-state index contributed by atoms with van der Waals surface area (Å²) in [6.07, 6.45) is 1.92. The van der Waals surface area contributed by atoms with Gasteiger partial charge in [-0.2, -0.15) is 0 Å². The van der Waals surface area contributed by atoms with Crippen LogP contribution in [0.1, 0.15) is 21.5 Å². The number of hydrogen-bond acceptors (Lipinski definition) is 6. The van der Waals surface area contributed by atoms with Crippen LogP contribution in [0, 0.1) is 13.8 Å². The first-order valence-corrected chi connectivity index (χ1v) is 16.3. The maximum atomic E-state index is 13.0. The minimum absolute atomic E-state index is 0.0600. The molecular formula is C29H29N3O5S3. The first kappa shape index (κ1) is 29.2. The van der Waals surface area contributed by atoms with Gasteiger partial charge >= 0.3 is 0 Å². The van der Waals surface area contributed by atoms with Gasteiger partial charge in [0.1, 0.15) is 0 Å². The number of nitrogens with zero attached hydrogens (tertiary/aromatic N) is 1. The number of carbonyl (C=O) groups is 1. The predicted octanol–water partition coefficient (Wildman–Crippen LogP) is 5.90. The average Bonchev–Trinajstić information content (AvgIpc) is 2.95. The molecular weight excluding hydrogens is 567 g/mol. The SMILES string of the molecule is CSc1ccc(S(=O)(=O)N(C)c2ccc(C(=O)Nc3ccc(S(=O)(=O)Nc4c(C)cccc4C)cc3)cc2)cc1.